The van der Waals surface area contributed by atoms with Gasteiger partial charge in [-0.15, -0.1) is 0 Å². The Kier molecular flexibility index (Phi) is 6.74. The molecule has 174 valence electrons. The summed E-state index contributed by atoms with van der Waals surface area (Å²) in [6.07, 6.45) is 1.55. The van der Waals surface area contributed by atoms with E-state index in [9.17, 15) is 14.4 Å². The van der Waals surface area contributed by atoms with Crippen molar-refractivity contribution in [2.45, 2.75) is 26.4 Å². The number of nitrogens with one attached hydrogen (secondary N) is 1. The van der Waals surface area contributed by atoms with Crippen LogP contribution in [0.1, 0.15) is 35.9 Å². The van der Waals surface area contributed by atoms with Crippen molar-refractivity contribution in [3.63, 3.8) is 0 Å². The average Bonchev–Trinajstić information content (AvgIpc) is 3.25. The number of carbonyl (C=O) groups is 2. The number of hydrogen-bond donors (Lipinski definition) is 1. The first kappa shape index (κ1) is 23.2. The summed E-state index contributed by atoms with van der Waals surface area (Å²) in [6.45, 7) is 3.40. The summed E-state index contributed by atoms with van der Waals surface area (Å²) in [6, 6.07) is 15.4. The van der Waals surface area contributed by atoms with E-state index in [1.54, 1.807) is 61.1 Å². The lowest BCUT2D eigenvalue weighted by molar-refractivity contribution is -0.119. The van der Waals surface area contributed by atoms with Crippen LogP contribution in [0.15, 0.2) is 65.6 Å². The summed E-state index contributed by atoms with van der Waals surface area (Å²) in [5.74, 6) is -0.918. The van der Waals surface area contributed by atoms with Crippen LogP contribution in [-0.4, -0.2) is 38.0 Å². The first-order valence-electron chi connectivity index (χ1n) is 10.6. The molecule has 0 aliphatic rings. The molecule has 2 aromatic heterocycles. The number of benzene rings is 2. The molecule has 9 nitrogen and oxygen atoms in total. The third-order valence-corrected chi connectivity index (χ3v) is 5.48. The number of rotatable bonds is 7. The molecular formula is C24H22ClN5O4. The van der Waals surface area contributed by atoms with Gasteiger partial charge in [-0.3, -0.25) is 9.59 Å². The Labute approximate surface area is 199 Å². The fourth-order valence-electron chi connectivity index (χ4n) is 3.44. The fraction of sp³-hybridized carbons (Fsp3) is 0.208. The van der Waals surface area contributed by atoms with Crippen LogP contribution >= 0.6 is 11.6 Å². The normalized spacial score (nSPS) is 11.1. The number of amides is 1. The lowest BCUT2D eigenvalue weighted by Gasteiger charge is -2.13. The van der Waals surface area contributed by atoms with E-state index in [0.29, 0.717) is 28.2 Å². The Morgan fingerprint density at radius 3 is 2.50 bits per heavy atom. The van der Waals surface area contributed by atoms with Crippen LogP contribution < -0.4 is 10.9 Å². The van der Waals surface area contributed by atoms with Gasteiger partial charge in [-0.1, -0.05) is 48.0 Å². The van der Waals surface area contributed by atoms with Crippen molar-refractivity contribution in [3.8, 4) is 0 Å². The van der Waals surface area contributed by atoms with Crippen LogP contribution in [0.2, 0.25) is 5.02 Å². The van der Waals surface area contributed by atoms with Gasteiger partial charge in [0.1, 0.15) is 5.82 Å². The highest BCUT2D eigenvalue weighted by molar-refractivity contribution is 6.31. The third-order valence-electron chi connectivity index (χ3n) is 5.11. The second-order valence-corrected chi connectivity index (χ2v) is 8.23. The highest BCUT2D eigenvalue weighted by Crippen LogP contribution is 2.19. The molecule has 0 saturated carbocycles. The molecule has 0 unspecified atom stereocenters. The number of aromatic nitrogens is 4. The topological polar surface area (TPSA) is 108 Å². The zero-order valence-corrected chi connectivity index (χ0v) is 19.3. The van der Waals surface area contributed by atoms with Crippen LogP contribution in [0.4, 0.5) is 5.82 Å². The molecule has 0 radical (unpaired) electrons. The lowest BCUT2D eigenvalue weighted by Crippen LogP contribution is -2.29. The Morgan fingerprint density at radius 1 is 1.06 bits per heavy atom. The number of nitrogens with zero attached hydrogens (tertiary/aromatic N) is 4. The maximum Gasteiger partial charge on any atom is 0.359 e. The molecule has 0 atom stereocenters. The standard InChI is InChI=1S/C24H22ClN5O4/c1-15(2)30-23(32)18-9-5-4-8-17(18)22(28-30)24(33)34-14-21(31)27-20-11-12-26-29(20)13-16-7-3-6-10-19(16)25/h3-12,15H,13-14H2,1-2H3,(H,27,31). The molecule has 10 heteroatoms. The van der Waals surface area contributed by atoms with Crippen molar-refractivity contribution in [1.82, 2.24) is 19.6 Å². The summed E-state index contributed by atoms with van der Waals surface area (Å²) < 4.78 is 8.03. The smallest absolute Gasteiger partial charge is 0.359 e. The molecule has 0 saturated heterocycles. The second kappa shape index (κ2) is 9.88. The van der Waals surface area contributed by atoms with Gasteiger partial charge in [-0.2, -0.15) is 10.2 Å². The maximum atomic E-state index is 12.8. The van der Waals surface area contributed by atoms with Crippen molar-refractivity contribution < 1.29 is 14.3 Å². The van der Waals surface area contributed by atoms with Gasteiger partial charge in [0, 0.05) is 16.5 Å². The van der Waals surface area contributed by atoms with Crippen LogP contribution in [0, 0.1) is 0 Å². The number of ether oxygens (including phenoxy) is 1. The maximum absolute atomic E-state index is 12.8. The van der Waals surface area contributed by atoms with E-state index in [0.717, 1.165) is 5.56 Å². The average molecular weight is 480 g/mol. The van der Waals surface area contributed by atoms with E-state index in [-0.39, 0.29) is 17.3 Å². The van der Waals surface area contributed by atoms with Gasteiger partial charge < -0.3 is 10.1 Å². The minimum absolute atomic E-state index is 0.0274. The zero-order chi connectivity index (χ0) is 24.2. The number of halogens is 1. The van der Waals surface area contributed by atoms with Gasteiger partial charge in [0.05, 0.1) is 24.2 Å². The summed E-state index contributed by atoms with van der Waals surface area (Å²) in [5.41, 5.74) is 0.514. The Balaban J connectivity index is 1.47. The molecule has 0 aliphatic heterocycles. The summed E-state index contributed by atoms with van der Waals surface area (Å²) in [4.78, 5) is 37.9. The second-order valence-electron chi connectivity index (χ2n) is 7.83. The van der Waals surface area contributed by atoms with Gasteiger partial charge >= 0.3 is 5.97 Å². The summed E-state index contributed by atoms with van der Waals surface area (Å²) in [7, 11) is 0. The van der Waals surface area contributed by atoms with Gasteiger partial charge in [-0.25, -0.2) is 14.2 Å². The molecule has 1 amide bonds. The first-order chi connectivity index (χ1) is 16.3. The van der Waals surface area contributed by atoms with E-state index in [4.69, 9.17) is 16.3 Å². The van der Waals surface area contributed by atoms with Gasteiger partial charge in [0.15, 0.2) is 12.3 Å². The fourth-order valence-corrected chi connectivity index (χ4v) is 3.63. The van der Waals surface area contributed by atoms with Gasteiger partial charge in [-0.05, 0) is 31.5 Å². The SMILES string of the molecule is CC(C)n1nc(C(=O)OCC(=O)Nc2ccnn2Cc2ccccc2Cl)c2ccccc2c1=O. The van der Waals surface area contributed by atoms with E-state index in [1.807, 2.05) is 18.2 Å². The van der Waals surface area contributed by atoms with E-state index in [1.165, 1.54) is 4.68 Å². The van der Waals surface area contributed by atoms with Crippen LogP contribution in [0.5, 0.6) is 0 Å². The first-order valence-corrected chi connectivity index (χ1v) is 11.0. The van der Waals surface area contributed by atoms with Gasteiger partial charge in [0.25, 0.3) is 11.5 Å². The monoisotopic (exact) mass is 479 g/mol. The van der Waals surface area contributed by atoms with E-state index < -0.39 is 18.5 Å². The quantitative estimate of drug-likeness (QED) is 0.405. The molecule has 4 rings (SSSR count). The number of carbonyl (C=O) groups excluding carboxylic acids is 2. The minimum Gasteiger partial charge on any atom is -0.451 e. The third kappa shape index (κ3) is 4.84. The van der Waals surface area contributed by atoms with E-state index in [2.05, 4.69) is 15.5 Å². The molecule has 34 heavy (non-hydrogen) atoms. The highest BCUT2D eigenvalue weighted by Gasteiger charge is 2.20. The molecule has 4 aromatic rings. The molecule has 0 spiro atoms. The summed E-state index contributed by atoms with van der Waals surface area (Å²) in [5, 5.41) is 12.4. The molecule has 2 aromatic carbocycles. The molecule has 0 fully saturated rings. The Morgan fingerprint density at radius 2 is 1.76 bits per heavy atom. The zero-order valence-electron chi connectivity index (χ0n) is 18.6. The molecule has 1 N–H and O–H groups in total. The van der Waals surface area contributed by atoms with Crippen LogP contribution in [0.25, 0.3) is 10.8 Å². The number of esters is 1. The number of hydrogen-bond acceptors (Lipinski definition) is 6. The number of fused-ring (bicyclic) bond motifs is 1. The molecule has 0 aliphatic carbocycles. The molecular weight excluding hydrogens is 458 g/mol. The minimum atomic E-state index is -0.801. The number of anilines is 1. The Hall–Kier alpha value is -3.98. The predicted molar refractivity (Wildman–Crippen MR) is 128 cm³/mol. The lowest BCUT2D eigenvalue weighted by atomic mass is 10.1. The van der Waals surface area contributed by atoms with E-state index >= 15 is 0 Å². The van der Waals surface area contributed by atoms with Crippen LogP contribution in [-0.2, 0) is 16.1 Å². The molecule has 0 bridgehead atoms. The summed E-state index contributed by atoms with van der Waals surface area (Å²) >= 11 is 6.21. The Bertz CT molecular complexity index is 1430. The van der Waals surface area contributed by atoms with Crippen LogP contribution in [0.3, 0.4) is 0 Å². The van der Waals surface area contributed by atoms with Crippen molar-refractivity contribution in [3.05, 3.63) is 87.4 Å². The van der Waals surface area contributed by atoms with Crippen molar-refractivity contribution >= 4 is 40.1 Å². The van der Waals surface area contributed by atoms with Crippen molar-refractivity contribution in [2.75, 3.05) is 11.9 Å². The molecule has 2 heterocycles. The highest BCUT2D eigenvalue weighted by atomic mass is 35.5. The van der Waals surface area contributed by atoms with Crippen molar-refractivity contribution in [2.24, 2.45) is 0 Å². The van der Waals surface area contributed by atoms with Crippen molar-refractivity contribution in [1.29, 1.82) is 0 Å². The van der Waals surface area contributed by atoms with Gasteiger partial charge in [0.2, 0.25) is 0 Å². The predicted octanol–water partition coefficient (Wildman–Crippen LogP) is 3.67. The largest absolute Gasteiger partial charge is 0.451 e.